The van der Waals surface area contributed by atoms with Crippen LogP contribution in [0, 0.1) is 11.3 Å². The number of hydrogen-bond acceptors (Lipinski definition) is 1. The molecule has 1 aromatic rings. The van der Waals surface area contributed by atoms with Crippen LogP contribution >= 0.6 is 0 Å². The van der Waals surface area contributed by atoms with E-state index in [0.29, 0.717) is 5.41 Å². The monoisotopic (exact) mass is 275 g/mol. The van der Waals surface area contributed by atoms with Crippen molar-refractivity contribution in [3.63, 3.8) is 0 Å². The van der Waals surface area contributed by atoms with Crippen LogP contribution in [-0.2, 0) is 12.8 Å². The molecule has 1 rings (SSSR count). The molecule has 0 atom stereocenters. The second-order valence-corrected chi connectivity index (χ2v) is 7.18. The smallest absolute Gasteiger partial charge is 0.00258 e. The Bertz CT molecular complexity index is 362. The molecule has 0 fully saturated rings. The minimum absolute atomic E-state index is 0.424. The third kappa shape index (κ3) is 7.09. The third-order valence-electron chi connectivity index (χ3n) is 4.05. The van der Waals surface area contributed by atoms with Gasteiger partial charge in [0.15, 0.2) is 0 Å². The van der Waals surface area contributed by atoms with Gasteiger partial charge < -0.3 is 5.32 Å². The Balaban J connectivity index is 2.30. The molecule has 0 heterocycles. The van der Waals surface area contributed by atoms with Gasteiger partial charge in [0.2, 0.25) is 0 Å². The van der Waals surface area contributed by atoms with Crippen molar-refractivity contribution < 1.29 is 0 Å². The van der Waals surface area contributed by atoms with E-state index in [1.807, 2.05) is 0 Å². The Kier molecular flexibility index (Phi) is 7.29. The van der Waals surface area contributed by atoms with Gasteiger partial charge in [-0.05, 0) is 61.2 Å². The SMILES string of the molecule is CCc1ccc(CCC(C)(C)CCNCC(C)C)cc1. The molecule has 0 unspecified atom stereocenters. The summed E-state index contributed by atoms with van der Waals surface area (Å²) in [6.07, 6.45) is 4.85. The van der Waals surface area contributed by atoms with Crippen LogP contribution in [-0.4, -0.2) is 13.1 Å². The van der Waals surface area contributed by atoms with E-state index in [9.17, 15) is 0 Å². The lowest BCUT2D eigenvalue weighted by Crippen LogP contribution is -2.25. The Morgan fingerprint density at radius 2 is 1.60 bits per heavy atom. The van der Waals surface area contributed by atoms with Crippen LogP contribution in [0.25, 0.3) is 0 Å². The molecule has 0 saturated carbocycles. The van der Waals surface area contributed by atoms with Crippen LogP contribution in [0.5, 0.6) is 0 Å². The van der Waals surface area contributed by atoms with Crippen molar-refractivity contribution in [1.82, 2.24) is 5.32 Å². The van der Waals surface area contributed by atoms with Crippen LogP contribution < -0.4 is 5.32 Å². The van der Waals surface area contributed by atoms with E-state index in [2.05, 4.69) is 64.2 Å². The van der Waals surface area contributed by atoms with E-state index in [-0.39, 0.29) is 0 Å². The van der Waals surface area contributed by atoms with E-state index in [1.54, 1.807) is 0 Å². The highest BCUT2D eigenvalue weighted by Gasteiger charge is 2.17. The van der Waals surface area contributed by atoms with Gasteiger partial charge in [0, 0.05) is 0 Å². The van der Waals surface area contributed by atoms with Crippen molar-refractivity contribution in [3.8, 4) is 0 Å². The Morgan fingerprint density at radius 3 is 2.15 bits per heavy atom. The first-order valence-corrected chi connectivity index (χ1v) is 8.21. The first kappa shape index (κ1) is 17.2. The molecule has 0 spiro atoms. The maximum atomic E-state index is 3.55. The van der Waals surface area contributed by atoms with E-state index in [4.69, 9.17) is 0 Å². The van der Waals surface area contributed by atoms with Gasteiger partial charge in [-0.15, -0.1) is 0 Å². The quantitative estimate of drug-likeness (QED) is 0.636. The zero-order valence-corrected chi connectivity index (χ0v) is 14.1. The second kappa shape index (κ2) is 8.46. The van der Waals surface area contributed by atoms with Gasteiger partial charge in [0.05, 0.1) is 0 Å². The van der Waals surface area contributed by atoms with Gasteiger partial charge in [-0.3, -0.25) is 0 Å². The number of aryl methyl sites for hydroxylation is 2. The first-order chi connectivity index (χ1) is 9.43. The molecular weight excluding hydrogens is 242 g/mol. The molecule has 0 radical (unpaired) electrons. The minimum atomic E-state index is 0.424. The van der Waals surface area contributed by atoms with Crippen LogP contribution in [0.4, 0.5) is 0 Å². The van der Waals surface area contributed by atoms with Crippen molar-refractivity contribution in [2.45, 2.75) is 60.3 Å². The van der Waals surface area contributed by atoms with Gasteiger partial charge >= 0.3 is 0 Å². The van der Waals surface area contributed by atoms with Gasteiger partial charge in [-0.25, -0.2) is 0 Å². The van der Waals surface area contributed by atoms with E-state index >= 15 is 0 Å². The van der Waals surface area contributed by atoms with Crippen LogP contribution in [0.2, 0.25) is 0 Å². The average Bonchev–Trinajstić information content (AvgIpc) is 2.42. The molecule has 0 saturated heterocycles. The molecule has 114 valence electrons. The van der Waals surface area contributed by atoms with Crippen LogP contribution in [0.3, 0.4) is 0 Å². The molecule has 1 heteroatoms. The van der Waals surface area contributed by atoms with E-state index < -0.39 is 0 Å². The largest absolute Gasteiger partial charge is 0.316 e. The van der Waals surface area contributed by atoms with E-state index in [1.165, 1.54) is 30.4 Å². The lowest BCUT2D eigenvalue weighted by atomic mass is 9.83. The van der Waals surface area contributed by atoms with Crippen molar-refractivity contribution in [2.24, 2.45) is 11.3 Å². The van der Waals surface area contributed by atoms with Crippen molar-refractivity contribution in [1.29, 1.82) is 0 Å². The fraction of sp³-hybridized carbons (Fsp3) is 0.684. The summed E-state index contributed by atoms with van der Waals surface area (Å²) in [5.41, 5.74) is 3.34. The summed E-state index contributed by atoms with van der Waals surface area (Å²) in [7, 11) is 0. The van der Waals surface area contributed by atoms with Crippen LogP contribution in [0.1, 0.15) is 58.6 Å². The molecule has 20 heavy (non-hydrogen) atoms. The summed E-state index contributed by atoms with van der Waals surface area (Å²) in [6.45, 7) is 13.8. The third-order valence-corrected chi connectivity index (χ3v) is 4.05. The van der Waals surface area contributed by atoms with Gasteiger partial charge in [-0.2, -0.15) is 0 Å². The second-order valence-electron chi connectivity index (χ2n) is 7.18. The minimum Gasteiger partial charge on any atom is -0.316 e. The normalized spacial score (nSPS) is 12.1. The van der Waals surface area contributed by atoms with Gasteiger partial charge in [0.25, 0.3) is 0 Å². The fourth-order valence-corrected chi connectivity index (χ4v) is 2.37. The molecule has 0 aliphatic heterocycles. The molecule has 1 aromatic carbocycles. The Hall–Kier alpha value is -0.820. The summed E-state index contributed by atoms with van der Waals surface area (Å²) in [6, 6.07) is 9.14. The summed E-state index contributed by atoms with van der Waals surface area (Å²) in [4.78, 5) is 0. The predicted octanol–water partition coefficient (Wildman–Crippen LogP) is 4.84. The zero-order chi connectivity index (χ0) is 15.0. The molecule has 0 aliphatic carbocycles. The summed E-state index contributed by atoms with van der Waals surface area (Å²) in [5, 5.41) is 3.55. The van der Waals surface area contributed by atoms with E-state index in [0.717, 1.165) is 25.4 Å². The van der Waals surface area contributed by atoms with Crippen molar-refractivity contribution >= 4 is 0 Å². The molecule has 0 aromatic heterocycles. The molecule has 0 aliphatic rings. The predicted molar refractivity (Wildman–Crippen MR) is 90.2 cm³/mol. The highest BCUT2D eigenvalue weighted by Crippen LogP contribution is 2.26. The summed E-state index contributed by atoms with van der Waals surface area (Å²) in [5.74, 6) is 0.746. The maximum absolute atomic E-state index is 3.55. The highest BCUT2D eigenvalue weighted by atomic mass is 14.8. The van der Waals surface area contributed by atoms with Gasteiger partial charge in [-0.1, -0.05) is 58.9 Å². The molecule has 1 nitrogen and oxygen atoms in total. The van der Waals surface area contributed by atoms with Crippen molar-refractivity contribution in [3.05, 3.63) is 35.4 Å². The number of hydrogen-bond donors (Lipinski definition) is 1. The standard InChI is InChI=1S/C19H33N/c1-6-17-7-9-18(10-8-17)11-12-19(4,5)13-14-20-15-16(2)3/h7-10,16,20H,6,11-15H2,1-5H3. The topological polar surface area (TPSA) is 12.0 Å². The summed E-state index contributed by atoms with van der Waals surface area (Å²) >= 11 is 0. The Morgan fingerprint density at radius 1 is 1.00 bits per heavy atom. The lowest BCUT2D eigenvalue weighted by molar-refractivity contribution is 0.300. The molecule has 0 bridgehead atoms. The number of rotatable bonds is 9. The van der Waals surface area contributed by atoms with Gasteiger partial charge in [0.1, 0.15) is 0 Å². The molecule has 1 N–H and O–H groups in total. The van der Waals surface area contributed by atoms with Crippen molar-refractivity contribution in [2.75, 3.05) is 13.1 Å². The molecule has 0 amide bonds. The lowest BCUT2D eigenvalue weighted by Gasteiger charge is -2.25. The highest BCUT2D eigenvalue weighted by molar-refractivity contribution is 5.22. The number of benzene rings is 1. The summed E-state index contributed by atoms with van der Waals surface area (Å²) < 4.78 is 0. The Labute approximate surface area is 126 Å². The maximum Gasteiger partial charge on any atom is -0.00258 e. The zero-order valence-electron chi connectivity index (χ0n) is 14.1. The average molecular weight is 275 g/mol. The number of nitrogens with one attached hydrogen (secondary N) is 1. The first-order valence-electron chi connectivity index (χ1n) is 8.21. The molecular formula is C19H33N. The fourth-order valence-electron chi connectivity index (χ4n) is 2.37. The van der Waals surface area contributed by atoms with Crippen LogP contribution in [0.15, 0.2) is 24.3 Å².